The largest absolute Gasteiger partial charge is 0.143 e. The van der Waals surface area contributed by atoms with Gasteiger partial charge in [0.1, 0.15) is 0 Å². The molecule has 0 radical (unpaired) electrons. The number of hydrogen-bond donors (Lipinski definition) is 1. The third-order valence-corrected chi connectivity index (χ3v) is 0. The van der Waals surface area contributed by atoms with Crippen LogP contribution in [0.15, 0.2) is 0 Å². The fourth-order valence-electron chi connectivity index (χ4n) is 0. The minimum atomic E-state index is -0.231. The fraction of sp³-hybridized carbons (Fsp3) is 1.00. The molecular weight excluding hydrogens is 107 g/mol. The first-order chi connectivity index (χ1) is 1.73. The zero-order chi connectivity index (χ0) is 3.58. The lowest BCUT2D eigenvalue weighted by molar-refractivity contribution is 2.54. The van der Waals surface area contributed by atoms with Crippen LogP contribution < -0.4 is 0 Å². The van der Waals surface area contributed by atoms with Gasteiger partial charge in [-0.05, 0) is 6.26 Å². The van der Waals surface area contributed by atoms with Crippen LogP contribution in [0.2, 0.25) is 0 Å². The molecule has 0 N–H and O–H groups in total. The average Bonchev–Trinajstić information content (AvgIpc) is 0.811. The number of rotatable bonds is 0. The van der Waals surface area contributed by atoms with Crippen molar-refractivity contribution < 1.29 is 0 Å². The Morgan fingerprint density at radius 1 is 2.00 bits per heavy atom. The quantitative estimate of drug-likeness (QED) is 0.351. The van der Waals surface area contributed by atoms with E-state index in [0.29, 0.717) is 0 Å². The van der Waals surface area contributed by atoms with Gasteiger partial charge in [0, 0.05) is 0 Å². The molecule has 0 aromatic carbocycles. The Kier molecular flexibility index (Phi) is 2.59. The lowest BCUT2D eigenvalue weighted by Gasteiger charge is -1.51. The monoisotopic (exact) mass is 112 g/mol. The van der Waals surface area contributed by atoms with Gasteiger partial charge in [-0.2, -0.15) is 0 Å². The van der Waals surface area contributed by atoms with Crippen LogP contribution in [0.4, 0.5) is 0 Å². The second-order valence-electron chi connectivity index (χ2n) is 0.497. The van der Waals surface area contributed by atoms with Crippen molar-refractivity contribution in [1.29, 1.82) is 0 Å². The topological polar surface area (TPSA) is 0 Å². The molecule has 0 aliphatic heterocycles. The number of thiol groups is 1. The first-order valence-electron chi connectivity index (χ1n) is 0.853. The predicted molar refractivity (Wildman–Crippen MR) is 30.4 cm³/mol. The van der Waals surface area contributed by atoms with Crippen molar-refractivity contribution in [2.24, 2.45) is 0 Å². The Morgan fingerprint density at radius 2 is 2.00 bits per heavy atom. The Bertz CT molecular complexity index is 54.4. The molecule has 0 aliphatic rings. The van der Waals surface area contributed by atoms with Gasteiger partial charge in [-0.1, -0.05) is 19.2 Å². The zero-order valence-corrected chi connectivity index (χ0v) is 5.07. The van der Waals surface area contributed by atoms with Crippen molar-refractivity contribution in [1.82, 2.24) is 0 Å². The first-order valence-corrected chi connectivity index (χ1v) is 5.00. The molecule has 0 fully saturated rings. The minimum absolute atomic E-state index is 0.231. The Labute approximate surface area is 34.7 Å². The molecule has 0 saturated heterocycles. The maximum Gasteiger partial charge on any atom is -0.0179 e. The lowest BCUT2D eigenvalue weighted by atomic mass is 12.0. The molecule has 3 heteroatoms. The van der Waals surface area contributed by atoms with Crippen molar-refractivity contribution >= 4 is 27.8 Å². The summed E-state index contributed by atoms with van der Waals surface area (Å²) >= 11 is 4.60. The summed E-state index contributed by atoms with van der Waals surface area (Å²) in [6.45, 7) is 0. The van der Waals surface area contributed by atoms with E-state index in [1.54, 1.807) is 0 Å². The first kappa shape index (κ1) is 4.87. The molecule has 0 nitrogen and oxygen atoms in total. The van der Waals surface area contributed by atoms with Gasteiger partial charge in [0.05, 0.1) is 0 Å². The van der Waals surface area contributed by atoms with Gasteiger partial charge in [0.2, 0.25) is 0 Å². The van der Waals surface area contributed by atoms with Gasteiger partial charge in [0.15, 0.2) is 0 Å². The van der Waals surface area contributed by atoms with E-state index in [1.165, 1.54) is 0 Å². The SMILES string of the molecule is C[SH](=P)=S. The summed E-state index contributed by atoms with van der Waals surface area (Å²) in [5.74, 6) is 0. The van der Waals surface area contributed by atoms with Crippen LogP contribution >= 0.6 is 8.02 Å². The summed E-state index contributed by atoms with van der Waals surface area (Å²) in [4.78, 5) is 0. The molecular formula is CH5PS2. The average molecular weight is 112 g/mol. The maximum absolute atomic E-state index is 4.60. The van der Waals surface area contributed by atoms with Crippen LogP contribution in [0, 0.1) is 0 Å². The third-order valence-electron chi connectivity index (χ3n) is 0. The van der Waals surface area contributed by atoms with Gasteiger partial charge in [0.25, 0.3) is 0 Å². The van der Waals surface area contributed by atoms with E-state index in [-0.39, 0.29) is 8.63 Å². The van der Waals surface area contributed by atoms with Crippen LogP contribution in [0.25, 0.3) is 0 Å². The summed E-state index contributed by atoms with van der Waals surface area (Å²) in [6, 6.07) is 0. The van der Waals surface area contributed by atoms with E-state index in [4.69, 9.17) is 0 Å². The summed E-state index contributed by atoms with van der Waals surface area (Å²) < 4.78 is 0. The van der Waals surface area contributed by atoms with Crippen LogP contribution in [-0.2, 0) is 19.8 Å². The molecule has 4 heavy (non-hydrogen) atoms. The molecule has 0 saturated carbocycles. The normalized spacial score (nSPS) is 15.2. The molecule has 0 bridgehead atoms. The molecule has 1 atom stereocenters. The van der Waals surface area contributed by atoms with Gasteiger partial charge in [-0.15, -0.1) is 8.63 Å². The molecule has 0 aromatic heterocycles. The molecule has 0 rings (SSSR count). The highest BCUT2D eigenvalue weighted by molar-refractivity contribution is 8.38. The van der Waals surface area contributed by atoms with Crippen molar-refractivity contribution in [2.75, 3.05) is 6.26 Å². The van der Waals surface area contributed by atoms with Gasteiger partial charge < -0.3 is 0 Å². The summed E-state index contributed by atoms with van der Waals surface area (Å²) in [5.41, 5.74) is 0. The van der Waals surface area contributed by atoms with Crippen molar-refractivity contribution in [3.05, 3.63) is 0 Å². The fourth-order valence-corrected chi connectivity index (χ4v) is 0. The molecule has 0 spiro atoms. The van der Waals surface area contributed by atoms with E-state index in [0.717, 1.165) is 0 Å². The zero-order valence-electron chi connectivity index (χ0n) is 2.36. The van der Waals surface area contributed by atoms with Crippen LogP contribution in [-0.4, -0.2) is 6.26 Å². The molecule has 1 unspecified atom stereocenters. The van der Waals surface area contributed by atoms with E-state index in [1.807, 2.05) is 6.26 Å². The van der Waals surface area contributed by atoms with Gasteiger partial charge in [-0.3, -0.25) is 0 Å². The van der Waals surface area contributed by atoms with Crippen molar-refractivity contribution in [2.45, 2.75) is 0 Å². The second-order valence-corrected chi connectivity index (χ2v) is 6.12. The molecule has 26 valence electrons. The highest BCUT2D eigenvalue weighted by Gasteiger charge is 1.32. The van der Waals surface area contributed by atoms with Crippen LogP contribution in [0.3, 0.4) is 0 Å². The molecule has 0 aliphatic carbocycles. The third kappa shape index (κ3) is 13.3. The highest BCUT2D eigenvalue weighted by atomic mass is 32.9. The number of hydrogen-bond acceptors (Lipinski definition) is 1. The van der Waals surface area contributed by atoms with Crippen molar-refractivity contribution in [3.63, 3.8) is 0 Å². The summed E-state index contributed by atoms with van der Waals surface area (Å²) in [7, 11) is 2.96. The van der Waals surface area contributed by atoms with Gasteiger partial charge in [-0.25, -0.2) is 0 Å². The van der Waals surface area contributed by atoms with Crippen LogP contribution in [0.5, 0.6) is 0 Å². The Morgan fingerprint density at radius 3 is 2.00 bits per heavy atom. The van der Waals surface area contributed by atoms with E-state index >= 15 is 0 Å². The molecule has 0 heterocycles. The van der Waals surface area contributed by atoms with E-state index in [9.17, 15) is 0 Å². The lowest BCUT2D eigenvalue weighted by Crippen LogP contribution is -1.41. The summed E-state index contributed by atoms with van der Waals surface area (Å²) in [6.07, 6.45) is 1.96. The summed E-state index contributed by atoms with van der Waals surface area (Å²) in [5, 5.41) is 0. The Hall–Kier alpha value is 0.870. The standard InChI is InChI=1S/CH5PS2/c1-4(2)3/h2,4H,1H3. The van der Waals surface area contributed by atoms with E-state index in [2.05, 4.69) is 19.2 Å². The second kappa shape index (κ2) is 2.13. The van der Waals surface area contributed by atoms with Crippen molar-refractivity contribution in [3.8, 4) is 0 Å². The maximum atomic E-state index is 4.60. The molecule has 0 aromatic rings. The van der Waals surface area contributed by atoms with Gasteiger partial charge >= 0.3 is 0 Å². The highest BCUT2D eigenvalue weighted by Crippen LogP contribution is 1.58. The minimum Gasteiger partial charge on any atom is -0.143 e. The van der Waals surface area contributed by atoms with Crippen LogP contribution in [0.1, 0.15) is 0 Å². The molecule has 0 amide bonds. The predicted octanol–water partition coefficient (Wildman–Crippen LogP) is 0.486. The smallest absolute Gasteiger partial charge is 0.0179 e. The Balaban J connectivity index is 3.51. The van der Waals surface area contributed by atoms with E-state index < -0.39 is 0 Å².